The number of benzene rings is 2. The van der Waals surface area contributed by atoms with Crippen molar-refractivity contribution in [3.8, 4) is 17.2 Å². The Bertz CT molecular complexity index is 1050. The molecular formula is C22H22N2O5S. The third-order valence-corrected chi connectivity index (χ3v) is 5.02. The van der Waals surface area contributed by atoms with Crippen LogP contribution in [0.1, 0.15) is 16.7 Å². The number of nitrogens with one attached hydrogen (secondary N) is 1. The average Bonchev–Trinajstić information content (AvgIpc) is 2.71. The van der Waals surface area contributed by atoms with E-state index in [0.717, 1.165) is 11.1 Å². The summed E-state index contributed by atoms with van der Waals surface area (Å²) in [5, 5.41) is 2.62. The van der Waals surface area contributed by atoms with Gasteiger partial charge in [-0.15, -0.1) is 0 Å². The maximum Gasteiger partial charge on any atom is 0.270 e. The number of hydrogen-bond donors (Lipinski definition) is 1. The Hall–Kier alpha value is -3.39. The van der Waals surface area contributed by atoms with E-state index < -0.39 is 11.8 Å². The van der Waals surface area contributed by atoms with Crippen LogP contribution in [0.2, 0.25) is 0 Å². The topological polar surface area (TPSA) is 77.1 Å². The van der Waals surface area contributed by atoms with E-state index in [1.54, 1.807) is 18.2 Å². The Morgan fingerprint density at radius 1 is 0.967 bits per heavy atom. The van der Waals surface area contributed by atoms with Crippen LogP contribution < -0.4 is 24.4 Å². The number of carbonyl (C=O) groups is 2. The number of rotatable bonds is 5. The zero-order valence-electron chi connectivity index (χ0n) is 17.4. The molecule has 1 aliphatic rings. The van der Waals surface area contributed by atoms with Gasteiger partial charge in [0, 0.05) is 12.1 Å². The average molecular weight is 426 g/mol. The summed E-state index contributed by atoms with van der Waals surface area (Å²) in [5.74, 6) is 0.181. The summed E-state index contributed by atoms with van der Waals surface area (Å²) in [4.78, 5) is 27.3. The first-order valence-corrected chi connectivity index (χ1v) is 9.50. The second-order valence-corrected chi connectivity index (χ2v) is 7.08. The van der Waals surface area contributed by atoms with Gasteiger partial charge in [-0.3, -0.25) is 19.8 Å². The Morgan fingerprint density at radius 2 is 1.60 bits per heavy atom. The Kier molecular flexibility index (Phi) is 6.07. The molecule has 2 amide bonds. The van der Waals surface area contributed by atoms with Crippen molar-refractivity contribution in [3.63, 3.8) is 0 Å². The van der Waals surface area contributed by atoms with E-state index in [9.17, 15) is 9.59 Å². The maximum absolute atomic E-state index is 13.3. The molecule has 0 atom stereocenters. The minimum atomic E-state index is -0.592. The Morgan fingerprint density at radius 3 is 2.13 bits per heavy atom. The summed E-state index contributed by atoms with van der Waals surface area (Å²) in [7, 11) is 4.49. The van der Waals surface area contributed by atoms with Gasteiger partial charge < -0.3 is 14.2 Å². The molecule has 8 heteroatoms. The Labute approximate surface area is 180 Å². The molecule has 0 saturated carbocycles. The predicted molar refractivity (Wildman–Crippen MR) is 118 cm³/mol. The zero-order chi connectivity index (χ0) is 22.0. The molecule has 30 heavy (non-hydrogen) atoms. The number of thiocarbonyl (C=S) groups is 1. The summed E-state index contributed by atoms with van der Waals surface area (Å²) >= 11 is 5.28. The van der Waals surface area contributed by atoms with Crippen molar-refractivity contribution in [2.75, 3.05) is 26.2 Å². The summed E-state index contributed by atoms with van der Waals surface area (Å²) in [5.41, 5.74) is 2.87. The van der Waals surface area contributed by atoms with Gasteiger partial charge in [-0.25, -0.2) is 0 Å². The van der Waals surface area contributed by atoms with E-state index in [1.165, 1.54) is 32.3 Å². The molecule has 0 spiro atoms. The number of methoxy groups -OCH3 is 3. The lowest BCUT2D eigenvalue weighted by Crippen LogP contribution is -2.54. The van der Waals surface area contributed by atoms with E-state index in [4.69, 9.17) is 26.4 Å². The number of anilines is 1. The number of amides is 2. The molecule has 156 valence electrons. The van der Waals surface area contributed by atoms with E-state index >= 15 is 0 Å². The highest BCUT2D eigenvalue weighted by Gasteiger charge is 2.35. The van der Waals surface area contributed by atoms with Gasteiger partial charge in [-0.05, 0) is 43.8 Å². The molecule has 0 radical (unpaired) electrons. The van der Waals surface area contributed by atoms with Gasteiger partial charge in [-0.2, -0.15) is 0 Å². The monoisotopic (exact) mass is 426 g/mol. The number of hydrogen-bond acceptors (Lipinski definition) is 6. The van der Waals surface area contributed by atoms with Crippen LogP contribution in [0.25, 0.3) is 6.08 Å². The van der Waals surface area contributed by atoms with E-state index in [0.29, 0.717) is 28.5 Å². The fourth-order valence-electron chi connectivity index (χ4n) is 3.25. The third kappa shape index (κ3) is 3.86. The van der Waals surface area contributed by atoms with Crippen LogP contribution in [0, 0.1) is 13.8 Å². The SMILES string of the molecule is COc1cc(OC)c(/C=C2\C(=O)NC(=S)N(c3ccc(C)cc3C)C2=O)c(OC)c1. The fourth-order valence-corrected chi connectivity index (χ4v) is 3.53. The molecule has 0 unspecified atom stereocenters. The third-order valence-electron chi connectivity index (χ3n) is 4.74. The zero-order valence-corrected chi connectivity index (χ0v) is 18.2. The molecule has 1 aliphatic heterocycles. The molecule has 0 bridgehead atoms. The molecule has 1 N–H and O–H groups in total. The van der Waals surface area contributed by atoms with Crippen LogP contribution in [0.15, 0.2) is 35.9 Å². The van der Waals surface area contributed by atoms with Crippen molar-refractivity contribution in [2.24, 2.45) is 0 Å². The number of nitrogens with zero attached hydrogens (tertiary/aromatic N) is 1. The highest BCUT2D eigenvalue weighted by Crippen LogP contribution is 2.36. The van der Waals surface area contributed by atoms with Gasteiger partial charge >= 0.3 is 0 Å². The highest BCUT2D eigenvalue weighted by molar-refractivity contribution is 7.80. The lowest BCUT2D eigenvalue weighted by molar-refractivity contribution is -0.122. The summed E-state index contributed by atoms with van der Waals surface area (Å²) in [6.07, 6.45) is 1.44. The molecule has 1 fully saturated rings. The summed E-state index contributed by atoms with van der Waals surface area (Å²) in [6, 6.07) is 8.92. The lowest BCUT2D eigenvalue weighted by Gasteiger charge is -2.30. The van der Waals surface area contributed by atoms with Gasteiger partial charge in [0.2, 0.25) is 0 Å². The van der Waals surface area contributed by atoms with E-state index in [1.807, 2.05) is 26.0 Å². The molecule has 1 heterocycles. The van der Waals surface area contributed by atoms with Crippen LogP contribution in [0.5, 0.6) is 17.2 Å². The molecule has 2 aromatic carbocycles. The van der Waals surface area contributed by atoms with Crippen molar-refractivity contribution < 1.29 is 23.8 Å². The molecule has 7 nitrogen and oxygen atoms in total. The molecule has 0 aliphatic carbocycles. The molecule has 3 rings (SSSR count). The van der Waals surface area contributed by atoms with Crippen molar-refractivity contribution in [3.05, 3.63) is 52.6 Å². The molecule has 2 aromatic rings. The van der Waals surface area contributed by atoms with Crippen molar-refractivity contribution in [1.29, 1.82) is 0 Å². The van der Waals surface area contributed by atoms with Crippen molar-refractivity contribution in [2.45, 2.75) is 13.8 Å². The quantitative estimate of drug-likeness (QED) is 0.450. The number of ether oxygens (including phenoxy) is 3. The maximum atomic E-state index is 13.3. The normalized spacial score (nSPS) is 15.3. The van der Waals surface area contributed by atoms with Gasteiger partial charge in [0.1, 0.15) is 22.8 Å². The minimum absolute atomic E-state index is 0.0303. The molecule has 0 aromatic heterocycles. The minimum Gasteiger partial charge on any atom is -0.496 e. The predicted octanol–water partition coefficient (Wildman–Crippen LogP) is 3.16. The van der Waals surface area contributed by atoms with Crippen molar-refractivity contribution >= 4 is 40.9 Å². The summed E-state index contributed by atoms with van der Waals surface area (Å²) < 4.78 is 16.1. The van der Waals surface area contributed by atoms with Gasteiger partial charge in [0.25, 0.3) is 11.8 Å². The van der Waals surface area contributed by atoms with Crippen LogP contribution in [-0.4, -0.2) is 38.3 Å². The standard InChI is InChI=1S/C22H22N2O5S/c1-12-6-7-17(13(2)8-12)24-21(26)16(20(25)23-22(24)30)11-15-18(28-4)9-14(27-3)10-19(15)29-5/h6-11H,1-5H3,(H,23,25,30)/b16-11+. The molecule has 1 saturated heterocycles. The van der Waals surface area contributed by atoms with Crippen LogP contribution in [0.3, 0.4) is 0 Å². The molecular weight excluding hydrogens is 404 g/mol. The van der Waals surface area contributed by atoms with Gasteiger partial charge in [-0.1, -0.05) is 17.7 Å². The largest absolute Gasteiger partial charge is 0.496 e. The van der Waals surface area contributed by atoms with Gasteiger partial charge in [0.15, 0.2) is 5.11 Å². The van der Waals surface area contributed by atoms with Crippen LogP contribution >= 0.6 is 12.2 Å². The van der Waals surface area contributed by atoms with E-state index in [-0.39, 0.29) is 10.7 Å². The lowest BCUT2D eigenvalue weighted by atomic mass is 10.0. The number of aryl methyl sites for hydroxylation is 2. The first kappa shape index (κ1) is 21.3. The number of carbonyl (C=O) groups excluding carboxylic acids is 2. The van der Waals surface area contributed by atoms with Crippen molar-refractivity contribution in [1.82, 2.24) is 5.32 Å². The first-order chi connectivity index (χ1) is 14.3. The fraction of sp³-hybridized carbons (Fsp3) is 0.227. The summed E-state index contributed by atoms with van der Waals surface area (Å²) in [6.45, 7) is 3.84. The first-order valence-electron chi connectivity index (χ1n) is 9.09. The second kappa shape index (κ2) is 8.54. The highest BCUT2D eigenvalue weighted by atomic mass is 32.1. The Balaban J connectivity index is 2.14. The van der Waals surface area contributed by atoms with E-state index in [2.05, 4.69) is 5.32 Å². The van der Waals surface area contributed by atoms with Crippen LogP contribution in [0.4, 0.5) is 5.69 Å². The smallest absolute Gasteiger partial charge is 0.270 e. The van der Waals surface area contributed by atoms with Gasteiger partial charge in [0.05, 0.1) is 32.6 Å². The van der Waals surface area contributed by atoms with Crippen LogP contribution in [-0.2, 0) is 9.59 Å². The second-order valence-electron chi connectivity index (χ2n) is 6.69.